The fourth-order valence-corrected chi connectivity index (χ4v) is 16.8. The normalized spacial score (nSPS) is 11.6. The zero-order chi connectivity index (χ0) is 106. The van der Waals surface area contributed by atoms with Crippen LogP contribution < -0.4 is 40.2 Å². The first-order valence-electron chi connectivity index (χ1n) is 45.3. The molecule has 6 heterocycles. The number of amides is 4. The Labute approximate surface area is 869 Å². The quantitative estimate of drug-likeness (QED) is 0.00897. The number of nitrogens with one attached hydrogen (secondary N) is 4. The van der Waals surface area contributed by atoms with Crippen LogP contribution in [0.1, 0.15) is 110 Å². The van der Waals surface area contributed by atoms with Gasteiger partial charge in [0.25, 0.3) is 0 Å². The molecular formula is C110H80Cl4F4N16O16. The van der Waals surface area contributed by atoms with Gasteiger partial charge >= 0.3 is 23.9 Å². The van der Waals surface area contributed by atoms with Gasteiger partial charge in [-0.3, -0.25) is 19.2 Å². The first-order chi connectivity index (χ1) is 72.3. The molecule has 752 valence electrons. The molecule has 4 atom stereocenters. The van der Waals surface area contributed by atoms with Crippen molar-refractivity contribution in [3.05, 3.63) is 496 Å². The van der Waals surface area contributed by atoms with E-state index in [1.165, 1.54) is 156 Å². The predicted octanol–water partition coefficient (Wildman–Crippen LogP) is 19.7. The zero-order valence-corrected chi connectivity index (χ0v) is 80.9. The van der Waals surface area contributed by atoms with Crippen LogP contribution in [0.5, 0.6) is 0 Å². The summed E-state index contributed by atoms with van der Waals surface area (Å²) in [5, 5.41) is 123. The Kier molecular flexibility index (Phi) is 34.3. The summed E-state index contributed by atoms with van der Waals surface area (Å²) in [5.74, 6) is -13.5. The summed E-state index contributed by atoms with van der Waals surface area (Å²) in [6, 6.07) is 86.3. The summed E-state index contributed by atoms with van der Waals surface area (Å²) in [6.07, 6.45) is 8.54. The highest BCUT2D eigenvalue weighted by Gasteiger charge is 2.36. The summed E-state index contributed by atoms with van der Waals surface area (Å²) in [7, 11) is 0. The molecule has 150 heavy (non-hydrogen) atoms. The van der Waals surface area contributed by atoms with Crippen molar-refractivity contribution in [1.82, 2.24) is 40.4 Å². The number of aromatic nitrogens is 12. The summed E-state index contributed by atoms with van der Waals surface area (Å²) in [5.41, 5.74) is 8.46. The molecule has 0 bridgehead atoms. The molecule has 4 amide bonds. The SMILES string of the molecule is O=C(O)c1ccc(NC(=O)[C@@H](Cc2ccccc2)c2ccc(-c3c(F)ccc(Cl)c3F)c[n+]2[O-])cc1.O=C(O)c1ccc(NC(=O)[C@@H](Cc2ccccc2)c2ccc(-c3cc(Cl)ccc3-n3cnnn3)c[n+]2[O-])cc1.O=C(O)c1ccc(NC(=O)[C@H](Cc2ccccc2)c2ccc(-c3c(F)ccc(Cl)c3F)c[n+]2[O-])cc1.O=C(O)c1ccc(NC(=O)[C@H](Cc2ccccc2)c2ccc(-c3cc(Cl)ccc3-n3cnnn3)c[n+]2[O-])cc1. The van der Waals surface area contributed by atoms with E-state index in [2.05, 4.69) is 52.3 Å². The van der Waals surface area contributed by atoms with Crippen molar-refractivity contribution in [2.24, 2.45) is 0 Å². The maximum Gasteiger partial charge on any atom is 0.335 e. The lowest BCUT2D eigenvalue weighted by Crippen LogP contribution is -2.38. The van der Waals surface area contributed by atoms with Crippen molar-refractivity contribution in [2.45, 2.75) is 49.4 Å². The Bertz CT molecular complexity index is 7520. The van der Waals surface area contributed by atoms with E-state index in [-0.39, 0.29) is 91.9 Å². The van der Waals surface area contributed by atoms with Gasteiger partial charge in [0.05, 0.1) is 65.9 Å². The third-order valence-electron chi connectivity index (χ3n) is 23.6. The lowest BCUT2D eigenvalue weighted by atomic mass is 9.93. The van der Waals surface area contributed by atoms with Crippen LogP contribution in [0.2, 0.25) is 20.1 Å². The number of hydrogen-bond donors (Lipinski definition) is 8. The molecule has 0 fully saturated rings. The Morgan fingerprint density at radius 3 is 0.787 bits per heavy atom. The van der Waals surface area contributed by atoms with Crippen LogP contribution in [0.3, 0.4) is 0 Å². The van der Waals surface area contributed by atoms with Gasteiger partial charge in [-0.25, -0.2) is 36.7 Å². The minimum absolute atomic E-state index is 0.0330. The number of tetrazole rings is 2. The largest absolute Gasteiger partial charge is 0.618 e. The lowest BCUT2D eigenvalue weighted by Gasteiger charge is -2.18. The van der Waals surface area contributed by atoms with Crippen molar-refractivity contribution in [3.8, 4) is 55.9 Å². The minimum atomic E-state index is -1.10. The first kappa shape index (κ1) is 106. The Morgan fingerprint density at radius 1 is 0.307 bits per heavy atom. The standard InChI is InChI=1S/2C28H21ClN6O4.2C27H19ClF2N2O4/c2*29-21-9-13-25(34-17-30-32-33-34)23(15-21)20-8-12-26(35(39)16-20)24(14-18-4-2-1-3-5-18)27(36)31-22-10-6-19(7-11-22)28(37)38;2*28-21-11-12-22(29)24(25(21)30)18-8-13-23(32(36)15-18)20(14-16-4-2-1-3-5-16)26(33)31-19-9-6-17(7-10-19)27(34)35/h2*1-13,15-17,24H,14H2,(H,31,36)(H,37,38);2*1-13,15,20H,14H2,(H,31,33)(H,34,35)/t2*24-;2*20-/m1010/s1. The molecule has 0 radical (unpaired) electrons. The predicted molar refractivity (Wildman–Crippen MR) is 548 cm³/mol. The summed E-state index contributed by atoms with van der Waals surface area (Å²) < 4.78 is 62.8. The van der Waals surface area contributed by atoms with Crippen LogP contribution in [-0.2, 0) is 44.9 Å². The molecule has 32 nitrogen and oxygen atoms in total. The number of rotatable bonds is 30. The van der Waals surface area contributed by atoms with Gasteiger partial charge in [-0.2, -0.15) is 28.3 Å². The van der Waals surface area contributed by atoms with Crippen molar-refractivity contribution >= 4 is 117 Å². The molecule has 12 aromatic carbocycles. The number of carboxylic acid groups (broad SMARTS) is 4. The fraction of sp³-hybridized carbons (Fsp3) is 0.0727. The average molecular weight is 2100 g/mol. The van der Waals surface area contributed by atoms with Crippen molar-refractivity contribution in [2.75, 3.05) is 21.3 Å². The van der Waals surface area contributed by atoms with E-state index in [4.69, 9.17) is 66.8 Å². The molecule has 0 saturated carbocycles. The molecule has 0 spiro atoms. The number of carbonyl (C=O) groups is 8. The molecule has 0 unspecified atom stereocenters. The number of carboxylic acids is 4. The molecule has 0 saturated heterocycles. The number of aromatic carboxylic acids is 4. The Morgan fingerprint density at radius 2 is 0.553 bits per heavy atom. The molecular weight excluding hydrogens is 2020 g/mol. The second-order valence-corrected chi connectivity index (χ2v) is 35.1. The third-order valence-corrected chi connectivity index (χ3v) is 24.7. The number of halogens is 8. The van der Waals surface area contributed by atoms with E-state index < -0.39 is 106 Å². The van der Waals surface area contributed by atoms with Gasteiger partial charge in [0.2, 0.25) is 46.4 Å². The van der Waals surface area contributed by atoms with Gasteiger partial charge in [0, 0.05) is 79.3 Å². The van der Waals surface area contributed by atoms with E-state index in [1.807, 2.05) is 97.1 Å². The Hall–Kier alpha value is -18.8. The number of nitrogens with zero attached hydrogens (tertiary/aromatic N) is 12. The summed E-state index contributed by atoms with van der Waals surface area (Å²) >= 11 is 24.1. The van der Waals surface area contributed by atoms with Crippen LogP contribution in [0.4, 0.5) is 40.3 Å². The summed E-state index contributed by atoms with van der Waals surface area (Å²) in [6.45, 7) is 0. The minimum Gasteiger partial charge on any atom is -0.618 e. The van der Waals surface area contributed by atoms with Gasteiger partial charge < -0.3 is 62.5 Å². The van der Waals surface area contributed by atoms with Crippen LogP contribution in [-0.4, -0.2) is 108 Å². The zero-order valence-electron chi connectivity index (χ0n) is 77.9. The molecule has 6 aromatic heterocycles. The number of benzene rings is 12. The number of anilines is 4. The van der Waals surface area contributed by atoms with Gasteiger partial charge in [-0.15, -0.1) is 10.2 Å². The summed E-state index contributed by atoms with van der Waals surface area (Å²) in [4.78, 5) is 98.0. The molecule has 18 aromatic rings. The van der Waals surface area contributed by atoms with Gasteiger partial charge in [0.1, 0.15) is 48.0 Å². The molecule has 8 N–H and O–H groups in total. The van der Waals surface area contributed by atoms with E-state index in [9.17, 15) is 76.7 Å². The van der Waals surface area contributed by atoms with E-state index >= 15 is 0 Å². The maximum absolute atomic E-state index is 14.5. The smallest absolute Gasteiger partial charge is 0.335 e. The molecule has 40 heteroatoms. The number of carbonyl (C=O) groups excluding carboxylic acids is 4. The van der Waals surface area contributed by atoms with E-state index in [1.54, 1.807) is 84.9 Å². The van der Waals surface area contributed by atoms with Crippen molar-refractivity contribution in [1.29, 1.82) is 0 Å². The van der Waals surface area contributed by atoms with Crippen LogP contribution in [0, 0.1) is 44.1 Å². The van der Waals surface area contributed by atoms with E-state index in [0.29, 0.717) is 85.3 Å². The van der Waals surface area contributed by atoms with E-state index in [0.717, 1.165) is 58.9 Å². The van der Waals surface area contributed by atoms with Crippen molar-refractivity contribution in [3.63, 3.8) is 0 Å². The highest BCUT2D eigenvalue weighted by Crippen LogP contribution is 2.38. The van der Waals surface area contributed by atoms with Crippen molar-refractivity contribution < 1.29 is 95.3 Å². The fourth-order valence-electron chi connectivity index (χ4n) is 16.1. The molecule has 0 aliphatic carbocycles. The highest BCUT2D eigenvalue weighted by molar-refractivity contribution is 6.32. The molecule has 0 aliphatic rings. The van der Waals surface area contributed by atoms with Gasteiger partial charge in [-0.05, 0) is 251 Å². The second kappa shape index (κ2) is 48.7. The third kappa shape index (κ3) is 26.5. The topological polar surface area (TPSA) is 461 Å². The molecule has 0 aliphatic heterocycles. The number of pyridine rings is 4. The lowest BCUT2D eigenvalue weighted by molar-refractivity contribution is -0.614. The van der Waals surface area contributed by atoms with Crippen LogP contribution in [0.15, 0.2) is 365 Å². The maximum atomic E-state index is 14.5. The monoisotopic (exact) mass is 2100 g/mol. The van der Waals surface area contributed by atoms with Crippen LogP contribution >= 0.6 is 46.4 Å². The second-order valence-electron chi connectivity index (χ2n) is 33.4. The average Bonchev–Trinajstić information content (AvgIpc) is 1.12. The van der Waals surface area contributed by atoms with Gasteiger partial charge in [0.15, 0.2) is 36.4 Å². The first-order valence-corrected chi connectivity index (χ1v) is 46.8. The highest BCUT2D eigenvalue weighted by atomic mass is 35.5. The number of hydrogen-bond acceptors (Lipinski definition) is 18. The van der Waals surface area contributed by atoms with Crippen LogP contribution in [0.25, 0.3) is 55.9 Å². The Balaban J connectivity index is 0.000000150. The molecule has 18 rings (SSSR count). The van der Waals surface area contributed by atoms with Gasteiger partial charge in [-0.1, -0.05) is 168 Å².